The maximum absolute atomic E-state index is 13.0. The monoisotopic (exact) mass is 453 g/mol. The Balaban J connectivity index is 1.48. The third kappa shape index (κ3) is 3.57. The van der Waals surface area contributed by atoms with Crippen molar-refractivity contribution in [1.82, 2.24) is 0 Å². The highest BCUT2D eigenvalue weighted by Crippen LogP contribution is 2.74. The average Bonchev–Trinajstić information content (AvgIpc) is 3.06. The van der Waals surface area contributed by atoms with Gasteiger partial charge in [-0.2, -0.15) is 0 Å². The van der Waals surface area contributed by atoms with Crippen molar-refractivity contribution in [3.8, 4) is 12.3 Å². The number of benzene rings is 1. The van der Waals surface area contributed by atoms with Crippen molar-refractivity contribution < 1.29 is 9.59 Å². The number of primary amides is 1. The Morgan fingerprint density at radius 1 is 1.28 bits per heavy atom. The molecule has 0 saturated heterocycles. The lowest BCUT2D eigenvalue weighted by Crippen LogP contribution is -2.58. The molecular formula is C26H32ClN3O2. The molecule has 0 heterocycles. The Kier molecular flexibility index (Phi) is 5.21. The van der Waals surface area contributed by atoms with E-state index in [9.17, 15) is 9.59 Å². The molecule has 170 valence electrons. The van der Waals surface area contributed by atoms with Crippen LogP contribution in [0.4, 0.5) is 11.4 Å². The van der Waals surface area contributed by atoms with Gasteiger partial charge in [-0.05, 0) is 91.7 Å². The van der Waals surface area contributed by atoms with Crippen molar-refractivity contribution in [1.29, 1.82) is 0 Å². The van der Waals surface area contributed by atoms with E-state index >= 15 is 0 Å². The molecular weight excluding hydrogens is 422 g/mol. The Morgan fingerprint density at radius 3 is 2.66 bits per heavy atom. The molecule has 4 aliphatic carbocycles. The molecule has 5 nitrogen and oxygen atoms in total. The molecule has 3 N–H and O–H groups in total. The van der Waals surface area contributed by atoms with Gasteiger partial charge < -0.3 is 11.1 Å². The Morgan fingerprint density at radius 2 is 2.03 bits per heavy atom. The summed E-state index contributed by atoms with van der Waals surface area (Å²) in [4.78, 5) is 27.3. The van der Waals surface area contributed by atoms with Crippen LogP contribution in [0.1, 0.15) is 64.7 Å². The van der Waals surface area contributed by atoms with E-state index in [1.807, 2.05) is 12.1 Å². The summed E-state index contributed by atoms with van der Waals surface area (Å²) in [7, 11) is 0. The molecule has 2 amide bonds. The van der Waals surface area contributed by atoms with E-state index in [1.54, 1.807) is 6.07 Å². The van der Waals surface area contributed by atoms with Crippen molar-refractivity contribution in [2.75, 3.05) is 10.2 Å². The number of rotatable bonds is 6. The molecule has 4 saturated carbocycles. The lowest BCUT2D eigenvalue weighted by atomic mass is 9.63. The third-order valence-electron chi connectivity index (χ3n) is 8.66. The molecule has 2 bridgehead atoms. The highest BCUT2D eigenvalue weighted by atomic mass is 35.5. The lowest BCUT2D eigenvalue weighted by Gasteiger charge is -2.47. The van der Waals surface area contributed by atoms with Gasteiger partial charge in [0.15, 0.2) is 0 Å². The van der Waals surface area contributed by atoms with Gasteiger partial charge in [-0.1, -0.05) is 31.4 Å². The van der Waals surface area contributed by atoms with E-state index < -0.39 is 23.3 Å². The van der Waals surface area contributed by atoms with Crippen LogP contribution in [-0.4, -0.2) is 23.9 Å². The molecule has 6 heteroatoms. The van der Waals surface area contributed by atoms with Gasteiger partial charge in [0.2, 0.25) is 5.91 Å². The van der Waals surface area contributed by atoms with Crippen molar-refractivity contribution in [2.24, 2.45) is 28.4 Å². The molecule has 32 heavy (non-hydrogen) atoms. The van der Waals surface area contributed by atoms with Crippen molar-refractivity contribution in [2.45, 2.75) is 76.8 Å². The second-order valence-corrected chi connectivity index (χ2v) is 11.4. The highest BCUT2D eigenvalue weighted by molar-refractivity contribution is 6.33. The van der Waals surface area contributed by atoms with E-state index in [4.69, 9.17) is 23.8 Å². The van der Waals surface area contributed by atoms with E-state index in [0.717, 1.165) is 37.3 Å². The van der Waals surface area contributed by atoms with E-state index in [2.05, 4.69) is 18.2 Å². The first-order valence-electron chi connectivity index (χ1n) is 11.9. The number of halogens is 1. The van der Waals surface area contributed by atoms with E-state index in [-0.39, 0.29) is 0 Å². The average molecular weight is 454 g/mol. The van der Waals surface area contributed by atoms with Gasteiger partial charge in [-0.15, -0.1) is 6.42 Å². The Labute approximate surface area is 195 Å². The topological polar surface area (TPSA) is 75.4 Å². The molecule has 1 aromatic rings. The summed E-state index contributed by atoms with van der Waals surface area (Å²) in [5, 5.41) is 4.02. The summed E-state index contributed by atoms with van der Waals surface area (Å²) in [6.07, 6.45) is 15.8. The number of nitrogens with one attached hydrogen (secondary N) is 1. The number of fused-ring (bicyclic) bond motifs is 1. The Hall–Kier alpha value is -2.19. The highest BCUT2D eigenvalue weighted by Gasteiger charge is 2.67. The smallest absolute Gasteiger partial charge is 0.303 e. The number of hydrogen-bond donors (Lipinski definition) is 2. The lowest BCUT2D eigenvalue weighted by molar-refractivity contribution is -0.126. The fourth-order valence-electron chi connectivity index (χ4n) is 7.56. The summed E-state index contributed by atoms with van der Waals surface area (Å²) in [5.41, 5.74) is 7.29. The molecule has 1 spiro atoms. The number of anilines is 2. The SMILES string of the molecule is C#CC(=O)N(c1ccc(NC2CCCC2)c(Cl)c1)C(C(N)=O)C1(C)CC2CC3CC3(C2)C1. The predicted octanol–water partition coefficient (Wildman–Crippen LogP) is 4.73. The standard InChI is InChI=1S/C26H32ClN3O2/c1-3-22(31)30(19-8-9-21(20(27)11-19)29-18-6-4-5-7-18)23(24(28)32)25(2)12-16-10-17-14-26(17,13-16)15-25/h1,8-9,11,16-18,23,29H,4-7,10,12-15H2,2H3,(H2,28,32). The summed E-state index contributed by atoms with van der Waals surface area (Å²) in [5.74, 6) is 2.54. The molecule has 0 aliphatic heterocycles. The second-order valence-electron chi connectivity index (χ2n) is 11.0. The van der Waals surface area contributed by atoms with Gasteiger partial charge in [0.1, 0.15) is 6.04 Å². The minimum Gasteiger partial charge on any atom is -0.381 e. The molecule has 5 unspecified atom stereocenters. The minimum absolute atomic E-state index is 0.336. The number of carbonyl (C=O) groups is 2. The quantitative estimate of drug-likeness (QED) is 0.611. The van der Waals surface area contributed by atoms with E-state index in [0.29, 0.717) is 28.1 Å². The van der Waals surface area contributed by atoms with Gasteiger partial charge in [-0.25, -0.2) is 0 Å². The first kappa shape index (κ1) is 21.6. The van der Waals surface area contributed by atoms with Gasteiger partial charge >= 0.3 is 5.91 Å². The zero-order valence-corrected chi connectivity index (χ0v) is 19.5. The van der Waals surface area contributed by atoms with Crippen LogP contribution >= 0.6 is 11.6 Å². The van der Waals surface area contributed by atoms with Crippen LogP contribution in [0.2, 0.25) is 5.02 Å². The zero-order chi connectivity index (χ0) is 22.7. The molecule has 5 rings (SSSR count). The molecule has 4 aliphatic rings. The Bertz CT molecular complexity index is 997. The second kappa shape index (κ2) is 7.70. The van der Waals surface area contributed by atoms with Gasteiger partial charge in [0.25, 0.3) is 0 Å². The first-order chi connectivity index (χ1) is 15.2. The van der Waals surface area contributed by atoms with Gasteiger partial charge in [0, 0.05) is 11.7 Å². The fraction of sp³-hybridized carbons (Fsp3) is 0.615. The number of amides is 2. The number of terminal acetylenes is 1. The van der Waals surface area contributed by atoms with Crippen LogP contribution in [0.25, 0.3) is 0 Å². The molecule has 1 aromatic carbocycles. The molecule has 4 fully saturated rings. The van der Waals surface area contributed by atoms with Gasteiger partial charge in [0.05, 0.1) is 10.7 Å². The normalized spacial score (nSPS) is 33.8. The predicted molar refractivity (Wildman–Crippen MR) is 127 cm³/mol. The van der Waals surface area contributed by atoms with Crippen LogP contribution in [0.15, 0.2) is 18.2 Å². The number of nitrogens with two attached hydrogens (primary N) is 1. The third-order valence-corrected chi connectivity index (χ3v) is 8.97. The zero-order valence-electron chi connectivity index (χ0n) is 18.7. The summed E-state index contributed by atoms with van der Waals surface area (Å²) >= 11 is 6.62. The largest absolute Gasteiger partial charge is 0.381 e. The number of hydrogen-bond acceptors (Lipinski definition) is 3. The summed E-state index contributed by atoms with van der Waals surface area (Å²) in [6, 6.07) is 5.07. The number of carbonyl (C=O) groups excluding carboxylic acids is 2. The minimum atomic E-state index is -0.796. The van der Waals surface area contributed by atoms with Crippen LogP contribution in [0, 0.1) is 35.0 Å². The molecule has 0 aromatic heterocycles. The van der Waals surface area contributed by atoms with Crippen LogP contribution < -0.4 is 16.0 Å². The maximum Gasteiger partial charge on any atom is 0.303 e. The number of nitrogens with zero attached hydrogens (tertiary/aromatic N) is 1. The summed E-state index contributed by atoms with van der Waals surface area (Å²) < 4.78 is 0. The van der Waals surface area contributed by atoms with Gasteiger partial charge in [-0.3, -0.25) is 14.5 Å². The summed E-state index contributed by atoms with van der Waals surface area (Å²) in [6.45, 7) is 2.12. The molecule has 0 radical (unpaired) electrons. The van der Waals surface area contributed by atoms with Crippen molar-refractivity contribution in [3.63, 3.8) is 0 Å². The van der Waals surface area contributed by atoms with Crippen LogP contribution in [-0.2, 0) is 9.59 Å². The van der Waals surface area contributed by atoms with Crippen molar-refractivity contribution in [3.05, 3.63) is 23.2 Å². The fourth-order valence-corrected chi connectivity index (χ4v) is 7.79. The van der Waals surface area contributed by atoms with Crippen LogP contribution in [0.5, 0.6) is 0 Å². The van der Waals surface area contributed by atoms with E-state index in [1.165, 1.54) is 37.0 Å². The molecule has 5 atom stereocenters. The van der Waals surface area contributed by atoms with Crippen molar-refractivity contribution >= 4 is 34.8 Å². The first-order valence-corrected chi connectivity index (χ1v) is 12.3. The maximum atomic E-state index is 13.0. The van der Waals surface area contributed by atoms with Crippen LogP contribution in [0.3, 0.4) is 0 Å².